The van der Waals surface area contributed by atoms with Crippen LogP contribution in [0.4, 0.5) is 0 Å². The summed E-state index contributed by atoms with van der Waals surface area (Å²) >= 11 is 0. The maximum Gasteiger partial charge on any atom is 0.119 e. The Labute approximate surface area is 144 Å². The van der Waals surface area contributed by atoms with Crippen molar-refractivity contribution in [1.82, 2.24) is 4.90 Å². The fraction of sp³-hybridized carbons (Fsp3) is 0.400. The van der Waals surface area contributed by atoms with Crippen molar-refractivity contribution in [1.29, 1.82) is 0 Å². The van der Waals surface area contributed by atoms with E-state index in [1.165, 1.54) is 5.56 Å². The van der Waals surface area contributed by atoms with E-state index in [1.54, 1.807) is 7.11 Å². The van der Waals surface area contributed by atoms with Gasteiger partial charge in [0.25, 0.3) is 0 Å². The Bertz CT molecular complexity index is 571. The summed E-state index contributed by atoms with van der Waals surface area (Å²) in [6.45, 7) is 4.78. The second kappa shape index (κ2) is 9.96. The largest absolute Gasteiger partial charge is 0.497 e. The highest BCUT2D eigenvalue weighted by Crippen LogP contribution is 2.14. The lowest BCUT2D eigenvalue weighted by molar-refractivity contribution is 0.0656. The van der Waals surface area contributed by atoms with Crippen LogP contribution in [0.1, 0.15) is 18.9 Å². The molecule has 24 heavy (non-hydrogen) atoms. The van der Waals surface area contributed by atoms with Gasteiger partial charge in [0.05, 0.1) is 7.11 Å². The molecule has 0 saturated heterocycles. The molecule has 0 fully saturated rings. The molecular weight excluding hydrogens is 302 g/mol. The lowest BCUT2D eigenvalue weighted by Crippen LogP contribution is -2.35. The number of aliphatic hydroxyl groups is 1. The van der Waals surface area contributed by atoms with E-state index in [9.17, 15) is 5.11 Å². The minimum absolute atomic E-state index is 0.298. The molecule has 1 atom stereocenters. The van der Waals surface area contributed by atoms with Crippen LogP contribution < -0.4 is 9.47 Å². The van der Waals surface area contributed by atoms with Crippen molar-refractivity contribution >= 4 is 0 Å². The Kier molecular flexibility index (Phi) is 7.59. The molecule has 0 aliphatic carbocycles. The highest BCUT2D eigenvalue weighted by Gasteiger charge is 2.12. The van der Waals surface area contributed by atoms with Gasteiger partial charge in [-0.25, -0.2) is 0 Å². The van der Waals surface area contributed by atoms with Crippen LogP contribution in [-0.4, -0.2) is 42.9 Å². The van der Waals surface area contributed by atoms with Crippen LogP contribution in [-0.2, 0) is 6.54 Å². The molecule has 0 spiro atoms. The molecule has 2 rings (SSSR count). The van der Waals surface area contributed by atoms with Gasteiger partial charge in [-0.15, -0.1) is 0 Å². The summed E-state index contributed by atoms with van der Waals surface area (Å²) in [5.74, 6) is 1.64. The summed E-state index contributed by atoms with van der Waals surface area (Å²) in [7, 11) is 1.67. The average Bonchev–Trinajstić information content (AvgIpc) is 2.62. The van der Waals surface area contributed by atoms with Crippen molar-refractivity contribution in [2.45, 2.75) is 26.0 Å². The van der Waals surface area contributed by atoms with E-state index in [1.807, 2.05) is 42.5 Å². The Hall–Kier alpha value is -2.04. The predicted molar refractivity (Wildman–Crippen MR) is 96.5 cm³/mol. The van der Waals surface area contributed by atoms with Crippen LogP contribution >= 0.6 is 0 Å². The van der Waals surface area contributed by atoms with Gasteiger partial charge in [0, 0.05) is 13.1 Å². The molecule has 2 aromatic carbocycles. The molecule has 0 saturated carbocycles. The van der Waals surface area contributed by atoms with E-state index >= 15 is 0 Å². The van der Waals surface area contributed by atoms with Crippen LogP contribution in [0.3, 0.4) is 0 Å². The van der Waals surface area contributed by atoms with Crippen LogP contribution in [0.15, 0.2) is 54.6 Å². The van der Waals surface area contributed by atoms with Gasteiger partial charge in [0.15, 0.2) is 0 Å². The molecule has 4 heteroatoms. The quantitative estimate of drug-likeness (QED) is 0.726. The molecule has 0 heterocycles. The number of aliphatic hydroxyl groups excluding tert-OH is 1. The Morgan fingerprint density at radius 1 is 1.00 bits per heavy atom. The molecule has 0 amide bonds. The zero-order chi connectivity index (χ0) is 17.2. The third-order valence-electron chi connectivity index (χ3n) is 3.76. The number of ether oxygens (including phenoxy) is 2. The summed E-state index contributed by atoms with van der Waals surface area (Å²) in [5, 5.41) is 10.3. The SMILES string of the molecule is CCCN(Cc1ccc(OC)cc1)C[C@@H](O)COc1ccccc1. The number of hydrogen-bond acceptors (Lipinski definition) is 4. The van der Waals surface area contributed by atoms with E-state index in [0.29, 0.717) is 13.2 Å². The first-order valence-electron chi connectivity index (χ1n) is 8.42. The second-order valence-corrected chi connectivity index (χ2v) is 5.86. The monoisotopic (exact) mass is 329 g/mol. The summed E-state index contributed by atoms with van der Waals surface area (Å²) < 4.78 is 10.8. The fourth-order valence-electron chi connectivity index (χ4n) is 2.60. The van der Waals surface area contributed by atoms with E-state index < -0.39 is 6.10 Å². The van der Waals surface area contributed by atoms with Crippen LogP contribution in [0, 0.1) is 0 Å². The first-order valence-corrected chi connectivity index (χ1v) is 8.42. The van der Waals surface area contributed by atoms with E-state index in [-0.39, 0.29) is 0 Å². The number of nitrogens with zero attached hydrogens (tertiary/aromatic N) is 1. The predicted octanol–water partition coefficient (Wildman–Crippen LogP) is 3.35. The maximum atomic E-state index is 10.3. The van der Waals surface area contributed by atoms with Crippen molar-refractivity contribution < 1.29 is 14.6 Å². The van der Waals surface area contributed by atoms with Crippen molar-refractivity contribution in [2.75, 3.05) is 26.8 Å². The number of methoxy groups -OCH3 is 1. The van der Waals surface area contributed by atoms with Crippen LogP contribution in [0.2, 0.25) is 0 Å². The Morgan fingerprint density at radius 2 is 1.71 bits per heavy atom. The lowest BCUT2D eigenvalue weighted by atomic mass is 10.2. The Morgan fingerprint density at radius 3 is 2.33 bits per heavy atom. The highest BCUT2D eigenvalue weighted by atomic mass is 16.5. The number of rotatable bonds is 10. The molecule has 1 N–H and O–H groups in total. The van der Waals surface area contributed by atoms with Crippen molar-refractivity contribution in [3.05, 3.63) is 60.2 Å². The van der Waals surface area contributed by atoms with Crippen molar-refractivity contribution in [3.63, 3.8) is 0 Å². The average molecular weight is 329 g/mol. The minimum Gasteiger partial charge on any atom is -0.497 e. The van der Waals surface area contributed by atoms with Crippen molar-refractivity contribution in [3.8, 4) is 11.5 Å². The normalized spacial score (nSPS) is 12.2. The van der Waals surface area contributed by atoms with Gasteiger partial charge in [0.2, 0.25) is 0 Å². The smallest absolute Gasteiger partial charge is 0.119 e. The molecule has 2 aromatic rings. The van der Waals surface area contributed by atoms with Gasteiger partial charge in [-0.05, 0) is 42.8 Å². The first kappa shape index (κ1) is 18.3. The molecule has 130 valence electrons. The zero-order valence-corrected chi connectivity index (χ0v) is 14.5. The third kappa shape index (κ3) is 6.22. The van der Waals surface area contributed by atoms with E-state index in [0.717, 1.165) is 31.0 Å². The summed E-state index contributed by atoms with van der Waals surface area (Å²) in [4.78, 5) is 2.25. The zero-order valence-electron chi connectivity index (χ0n) is 14.5. The molecule has 0 radical (unpaired) electrons. The van der Waals surface area contributed by atoms with Gasteiger partial charge >= 0.3 is 0 Å². The summed E-state index contributed by atoms with van der Waals surface area (Å²) in [6.07, 6.45) is 0.526. The highest BCUT2D eigenvalue weighted by molar-refractivity contribution is 5.27. The van der Waals surface area contributed by atoms with Crippen LogP contribution in [0.25, 0.3) is 0 Å². The van der Waals surface area contributed by atoms with E-state index in [4.69, 9.17) is 9.47 Å². The first-order chi connectivity index (χ1) is 11.7. The number of hydrogen-bond donors (Lipinski definition) is 1. The van der Waals surface area contributed by atoms with Gasteiger partial charge in [-0.3, -0.25) is 4.90 Å². The van der Waals surface area contributed by atoms with Gasteiger partial charge in [-0.2, -0.15) is 0 Å². The molecule has 0 bridgehead atoms. The Balaban J connectivity index is 1.84. The molecule has 0 aromatic heterocycles. The van der Waals surface area contributed by atoms with Gasteiger partial charge in [0.1, 0.15) is 24.2 Å². The number of benzene rings is 2. The van der Waals surface area contributed by atoms with Crippen LogP contribution in [0.5, 0.6) is 11.5 Å². The molecule has 0 aliphatic heterocycles. The maximum absolute atomic E-state index is 10.3. The summed E-state index contributed by atoms with van der Waals surface area (Å²) in [6, 6.07) is 17.7. The van der Waals surface area contributed by atoms with Gasteiger partial charge < -0.3 is 14.6 Å². The molecule has 0 aliphatic rings. The topological polar surface area (TPSA) is 41.9 Å². The third-order valence-corrected chi connectivity index (χ3v) is 3.76. The molecule has 0 unspecified atom stereocenters. The molecular formula is C20H27NO3. The van der Waals surface area contributed by atoms with E-state index in [2.05, 4.69) is 24.0 Å². The minimum atomic E-state index is -0.519. The van der Waals surface area contributed by atoms with Crippen molar-refractivity contribution in [2.24, 2.45) is 0 Å². The second-order valence-electron chi connectivity index (χ2n) is 5.86. The fourth-order valence-corrected chi connectivity index (χ4v) is 2.60. The standard InChI is InChI=1S/C20H27NO3/c1-3-13-21(14-17-9-11-19(23-2)12-10-17)15-18(22)16-24-20-7-5-4-6-8-20/h4-12,18,22H,3,13-16H2,1-2H3/t18-/m1/s1. The number of para-hydroxylation sites is 1. The van der Waals surface area contributed by atoms with Gasteiger partial charge in [-0.1, -0.05) is 37.3 Å². The molecule has 4 nitrogen and oxygen atoms in total. The summed E-state index contributed by atoms with van der Waals surface area (Å²) in [5.41, 5.74) is 1.21. The lowest BCUT2D eigenvalue weighted by Gasteiger charge is -2.25.